The number of ether oxygens (including phenoxy) is 1. The summed E-state index contributed by atoms with van der Waals surface area (Å²) in [6.07, 6.45) is 0. The minimum Gasteiger partial charge on any atom is -0.455 e. The van der Waals surface area contributed by atoms with Crippen molar-refractivity contribution in [3.05, 3.63) is 40.2 Å². The monoisotopic (exact) mass is 261 g/mol. The number of aryl methyl sites for hydroxylation is 3. The Morgan fingerprint density at radius 1 is 1.26 bits per heavy atom. The third-order valence-corrected chi connectivity index (χ3v) is 2.92. The van der Waals surface area contributed by atoms with Gasteiger partial charge in [-0.2, -0.15) is 0 Å². The Kier molecular flexibility index (Phi) is 3.50. The number of aromatic nitrogens is 2. The molecule has 0 saturated heterocycles. The number of esters is 1. The Balaban J connectivity index is 2.12. The molecule has 0 amide bonds. The fourth-order valence-electron chi connectivity index (χ4n) is 1.68. The van der Waals surface area contributed by atoms with E-state index in [9.17, 15) is 4.79 Å². The number of anilines is 1. The zero-order chi connectivity index (χ0) is 14.0. The largest absolute Gasteiger partial charge is 0.455 e. The van der Waals surface area contributed by atoms with Crippen molar-refractivity contribution in [2.24, 2.45) is 0 Å². The SMILES string of the molecule is Cc1cc(C)c(C(=O)OCc2nonc2C)cc1N. The molecule has 2 aromatic rings. The number of nitrogen functional groups attached to an aromatic ring is 1. The van der Waals surface area contributed by atoms with E-state index in [1.54, 1.807) is 13.0 Å². The van der Waals surface area contributed by atoms with Crippen LogP contribution in [-0.4, -0.2) is 16.3 Å². The zero-order valence-corrected chi connectivity index (χ0v) is 11.1. The van der Waals surface area contributed by atoms with Crippen LogP contribution in [0.5, 0.6) is 0 Å². The van der Waals surface area contributed by atoms with Crippen LogP contribution in [0.2, 0.25) is 0 Å². The summed E-state index contributed by atoms with van der Waals surface area (Å²) in [6, 6.07) is 3.48. The van der Waals surface area contributed by atoms with Crippen LogP contribution < -0.4 is 5.73 Å². The lowest BCUT2D eigenvalue weighted by molar-refractivity contribution is 0.0462. The molecule has 6 nitrogen and oxygen atoms in total. The van der Waals surface area contributed by atoms with Crippen LogP contribution in [0.15, 0.2) is 16.8 Å². The number of nitrogens with two attached hydrogens (primary N) is 1. The minimum atomic E-state index is -0.438. The predicted molar refractivity (Wildman–Crippen MR) is 68.5 cm³/mol. The van der Waals surface area contributed by atoms with Crippen LogP contribution in [0.25, 0.3) is 0 Å². The van der Waals surface area contributed by atoms with E-state index in [-0.39, 0.29) is 6.61 Å². The van der Waals surface area contributed by atoms with Crippen LogP contribution in [-0.2, 0) is 11.3 Å². The molecule has 0 bridgehead atoms. The third kappa shape index (κ3) is 2.73. The molecular weight excluding hydrogens is 246 g/mol. The van der Waals surface area contributed by atoms with Gasteiger partial charge in [0.05, 0.1) is 5.56 Å². The van der Waals surface area contributed by atoms with Crippen molar-refractivity contribution in [2.45, 2.75) is 27.4 Å². The third-order valence-electron chi connectivity index (χ3n) is 2.92. The summed E-state index contributed by atoms with van der Waals surface area (Å²) >= 11 is 0. The summed E-state index contributed by atoms with van der Waals surface area (Å²) in [5.41, 5.74) is 9.69. The molecule has 6 heteroatoms. The average molecular weight is 261 g/mol. The topological polar surface area (TPSA) is 91.2 Å². The molecule has 0 aliphatic carbocycles. The lowest BCUT2D eigenvalue weighted by Crippen LogP contribution is -2.09. The molecular formula is C13H15N3O3. The molecule has 1 heterocycles. The summed E-state index contributed by atoms with van der Waals surface area (Å²) in [4.78, 5) is 12.0. The van der Waals surface area contributed by atoms with Gasteiger partial charge in [-0.25, -0.2) is 9.42 Å². The van der Waals surface area contributed by atoms with Gasteiger partial charge < -0.3 is 10.5 Å². The Labute approximate surface area is 110 Å². The van der Waals surface area contributed by atoms with Crippen LogP contribution in [0.4, 0.5) is 5.69 Å². The molecule has 0 fully saturated rings. The number of nitrogens with zero attached hydrogens (tertiary/aromatic N) is 2. The van der Waals surface area contributed by atoms with Crippen molar-refractivity contribution in [3.8, 4) is 0 Å². The van der Waals surface area contributed by atoms with E-state index in [2.05, 4.69) is 14.9 Å². The highest BCUT2D eigenvalue weighted by Crippen LogP contribution is 2.19. The second-order valence-corrected chi connectivity index (χ2v) is 4.40. The molecule has 0 aliphatic rings. The fraction of sp³-hybridized carbons (Fsp3) is 0.308. The molecule has 2 rings (SSSR count). The summed E-state index contributed by atoms with van der Waals surface area (Å²) in [7, 11) is 0. The quantitative estimate of drug-likeness (QED) is 0.670. The van der Waals surface area contributed by atoms with Crippen molar-refractivity contribution >= 4 is 11.7 Å². The summed E-state index contributed by atoms with van der Waals surface area (Å²) in [5, 5.41) is 7.26. The van der Waals surface area contributed by atoms with Crippen molar-refractivity contribution in [3.63, 3.8) is 0 Å². The first-order chi connectivity index (χ1) is 8.99. The Morgan fingerprint density at radius 3 is 2.63 bits per heavy atom. The van der Waals surface area contributed by atoms with Gasteiger partial charge in [-0.15, -0.1) is 0 Å². The second-order valence-electron chi connectivity index (χ2n) is 4.40. The van der Waals surface area contributed by atoms with Gasteiger partial charge >= 0.3 is 5.97 Å². The fourth-order valence-corrected chi connectivity index (χ4v) is 1.68. The predicted octanol–water partition coefficient (Wildman–Crippen LogP) is 1.93. The van der Waals surface area contributed by atoms with E-state index in [1.165, 1.54) is 0 Å². The first-order valence-electron chi connectivity index (χ1n) is 5.81. The molecule has 0 aliphatic heterocycles. The number of rotatable bonds is 3. The number of benzene rings is 1. The lowest BCUT2D eigenvalue weighted by Gasteiger charge is -2.09. The van der Waals surface area contributed by atoms with Gasteiger partial charge in [-0.1, -0.05) is 16.4 Å². The van der Waals surface area contributed by atoms with Crippen molar-refractivity contribution in [1.29, 1.82) is 0 Å². The van der Waals surface area contributed by atoms with Gasteiger partial charge in [0.1, 0.15) is 18.0 Å². The maximum Gasteiger partial charge on any atom is 0.338 e. The normalized spacial score (nSPS) is 10.5. The lowest BCUT2D eigenvalue weighted by atomic mass is 10.0. The minimum absolute atomic E-state index is 0.0292. The van der Waals surface area contributed by atoms with Gasteiger partial charge in [0, 0.05) is 5.69 Å². The van der Waals surface area contributed by atoms with Crippen LogP contribution in [0.3, 0.4) is 0 Å². The summed E-state index contributed by atoms with van der Waals surface area (Å²) in [6.45, 7) is 5.49. The van der Waals surface area contributed by atoms with Gasteiger partial charge in [0.2, 0.25) is 0 Å². The molecule has 0 spiro atoms. The Bertz CT molecular complexity index is 620. The highest BCUT2D eigenvalue weighted by molar-refractivity contribution is 5.92. The van der Waals surface area contributed by atoms with E-state index in [4.69, 9.17) is 10.5 Å². The van der Waals surface area contributed by atoms with Crippen molar-refractivity contribution < 1.29 is 14.2 Å². The Hall–Kier alpha value is -2.37. The van der Waals surface area contributed by atoms with Crippen LogP contribution >= 0.6 is 0 Å². The van der Waals surface area contributed by atoms with Crippen molar-refractivity contribution in [1.82, 2.24) is 10.3 Å². The van der Waals surface area contributed by atoms with E-state index < -0.39 is 5.97 Å². The van der Waals surface area contributed by atoms with Gasteiger partial charge in [0.15, 0.2) is 0 Å². The smallest absolute Gasteiger partial charge is 0.338 e. The molecule has 100 valence electrons. The van der Waals surface area contributed by atoms with E-state index in [1.807, 2.05) is 19.9 Å². The summed E-state index contributed by atoms with van der Waals surface area (Å²) < 4.78 is 9.70. The van der Waals surface area contributed by atoms with E-state index >= 15 is 0 Å². The molecule has 1 aromatic carbocycles. The van der Waals surface area contributed by atoms with Crippen LogP contribution in [0.1, 0.15) is 32.9 Å². The maximum absolute atomic E-state index is 12.0. The number of carbonyl (C=O) groups is 1. The molecule has 19 heavy (non-hydrogen) atoms. The summed E-state index contributed by atoms with van der Waals surface area (Å²) in [5.74, 6) is -0.438. The van der Waals surface area contributed by atoms with Gasteiger partial charge in [-0.3, -0.25) is 0 Å². The molecule has 2 N–H and O–H groups in total. The zero-order valence-electron chi connectivity index (χ0n) is 11.1. The van der Waals surface area contributed by atoms with E-state index in [0.29, 0.717) is 22.6 Å². The Morgan fingerprint density at radius 2 is 2.00 bits per heavy atom. The highest BCUT2D eigenvalue weighted by atomic mass is 16.6. The molecule has 0 unspecified atom stereocenters. The molecule has 0 radical (unpaired) electrons. The molecule has 0 saturated carbocycles. The standard InChI is InChI=1S/C13H15N3O3/c1-7-4-8(2)11(14)5-10(7)13(17)18-6-12-9(3)15-19-16-12/h4-5H,6,14H2,1-3H3. The van der Waals surface area contributed by atoms with E-state index in [0.717, 1.165) is 11.1 Å². The number of carbonyl (C=O) groups excluding carboxylic acids is 1. The van der Waals surface area contributed by atoms with Crippen LogP contribution in [0, 0.1) is 20.8 Å². The molecule has 0 atom stereocenters. The number of hydrogen-bond donors (Lipinski definition) is 1. The maximum atomic E-state index is 12.0. The van der Waals surface area contributed by atoms with Crippen molar-refractivity contribution in [2.75, 3.05) is 5.73 Å². The second kappa shape index (κ2) is 5.09. The highest BCUT2D eigenvalue weighted by Gasteiger charge is 2.14. The number of hydrogen-bond acceptors (Lipinski definition) is 6. The molecule has 1 aromatic heterocycles. The first-order valence-corrected chi connectivity index (χ1v) is 5.81. The van der Waals surface area contributed by atoms with Gasteiger partial charge in [0.25, 0.3) is 0 Å². The average Bonchev–Trinajstić information content (AvgIpc) is 2.76. The first kappa shape index (κ1) is 13.1. The van der Waals surface area contributed by atoms with Gasteiger partial charge in [-0.05, 0) is 38.0 Å².